The average molecular weight is 303 g/mol. The number of carbonyl (C=O) groups excluding carboxylic acids is 1. The molecule has 2 heterocycles. The SMILES string of the molecule is COc1ccc(C2=CCN(C(C)=O)CC2)c2sc(N)nc12. The van der Waals surface area contributed by atoms with E-state index in [1.54, 1.807) is 14.0 Å². The van der Waals surface area contributed by atoms with Crippen LogP contribution in [0.5, 0.6) is 5.75 Å². The Balaban J connectivity index is 2.04. The fourth-order valence-electron chi connectivity index (χ4n) is 2.62. The Morgan fingerprint density at radius 1 is 1.48 bits per heavy atom. The first-order valence-electron chi connectivity index (χ1n) is 6.78. The third kappa shape index (κ3) is 2.47. The summed E-state index contributed by atoms with van der Waals surface area (Å²) in [6, 6.07) is 3.98. The molecular formula is C15H17N3O2S. The smallest absolute Gasteiger partial charge is 0.219 e. The second kappa shape index (κ2) is 5.37. The number of carbonyl (C=O) groups is 1. The first-order chi connectivity index (χ1) is 10.1. The van der Waals surface area contributed by atoms with E-state index in [-0.39, 0.29) is 5.91 Å². The second-order valence-corrected chi connectivity index (χ2v) is 6.02. The third-order valence-electron chi connectivity index (χ3n) is 3.74. The van der Waals surface area contributed by atoms with E-state index in [1.807, 2.05) is 17.0 Å². The maximum atomic E-state index is 11.4. The minimum atomic E-state index is 0.118. The summed E-state index contributed by atoms with van der Waals surface area (Å²) in [6.07, 6.45) is 2.96. The van der Waals surface area contributed by atoms with Gasteiger partial charge in [-0.25, -0.2) is 4.98 Å². The Labute approximate surface area is 127 Å². The predicted octanol–water partition coefficient (Wildman–Crippen LogP) is 2.52. The Morgan fingerprint density at radius 2 is 2.29 bits per heavy atom. The number of fused-ring (bicyclic) bond motifs is 1. The van der Waals surface area contributed by atoms with Crippen molar-refractivity contribution in [3.63, 3.8) is 0 Å². The molecule has 0 saturated carbocycles. The molecule has 5 nitrogen and oxygen atoms in total. The molecule has 0 saturated heterocycles. The van der Waals surface area contributed by atoms with Gasteiger partial charge in [0.05, 0.1) is 11.8 Å². The van der Waals surface area contributed by atoms with Crippen LogP contribution >= 0.6 is 11.3 Å². The molecular weight excluding hydrogens is 286 g/mol. The molecule has 0 atom stereocenters. The van der Waals surface area contributed by atoms with Gasteiger partial charge in [-0.3, -0.25) is 4.79 Å². The molecule has 0 bridgehead atoms. The summed E-state index contributed by atoms with van der Waals surface area (Å²) in [7, 11) is 1.63. The van der Waals surface area contributed by atoms with Crippen molar-refractivity contribution in [2.24, 2.45) is 0 Å². The fraction of sp³-hybridized carbons (Fsp3) is 0.333. The van der Waals surface area contributed by atoms with Crippen molar-refractivity contribution < 1.29 is 9.53 Å². The van der Waals surface area contributed by atoms with Gasteiger partial charge in [0.15, 0.2) is 5.13 Å². The molecule has 1 amide bonds. The van der Waals surface area contributed by atoms with Crippen LogP contribution < -0.4 is 10.5 Å². The van der Waals surface area contributed by atoms with Crippen molar-refractivity contribution in [3.8, 4) is 5.75 Å². The third-order valence-corrected chi connectivity index (χ3v) is 4.66. The normalized spacial score (nSPS) is 15.1. The number of amides is 1. The number of thiazole rings is 1. The maximum absolute atomic E-state index is 11.4. The van der Waals surface area contributed by atoms with E-state index in [0.29, 0.717) is 11.7 Å². The van der Waals surface area contributed by atoms with Crippen molar-refractivity contribution in [2.75, 3.05) is 25.9 Å². The number of hydrogen-bond acceptors (Lipinski definition) is 5. The van der Waals surface area contributed by atoms with Crippen LogP contribution in [0, 0.1) is 0 Å². The number of nitrogens with two attached hydrogens (primary N) is 1. The summed E-state index contributed by atoms with van der Waals surface area (Å²) in [5.41, 5.74) is 9.05. The molecule has 21 heavy (non-hydrogen) atoms. The number of nitrogens with zero attached hydrogens (tertiary/aromatic N) is 2. The molecule has 3 rings (SSSR count). The molecule has 1 aliphatic heterocycles. The van der Waals surface area contributed by atoms with Crippen molar-refractivity contribution in [1.82, 2.24) is 9.88 Å². The van der Waals surface area contributed by atoms with Crippen LogP contribution in [-0.4, -0.2) is 36.0 Å². The molecule has 0 aliphatic carbocycles. The lowest BCUT2D eigenvalue weighted by Crippen LogP contribution is -2.32. The first-order valence-corrected chi connectivity index (χ1v) is 7.59. The van der Waals surface area contributed by atoms with Crippen LogP contribution in [0.25, 0.3) is 15.8 Å². The second-order valence-electron chi connectivity index (χ2n) is 4.99. The number of ether oxygens (including phenoxy) is 1. The molecule has 0 radical (unpaired) electrons. The molecule has 0 spiro atoms. The lowest BCUT2D eigenvalue weighted by atomic mass is 9.99. The average Bonchev–Trinajstić information content (AvgIpc) is 2.87. The summed E-state index contributed by atoms with van der Waals surface area (Å²) >= 11 is 1.47. The Kier molecular flexibility index (Phi) is 3.55. The number of rotatable bonds is 2. The lowest BCUT2D eigenvalue weighted by Gasteiger charge is -2.25. The standard InChI is InChI=1S/C15H17N3O2S/c1-9(19)18-7-5-10(6-8-18)11-3-4-12(20-2)13-14(11)21-15(16)17-13/h3-5H,6-8H2,1-2H3,(H2,16,17). The van der Waals surface area contributed by atoms with Crippen LogP contribution in [0.2, 0.25) is 0 Å². The van der Waals surface area contributed by atoms with Gasteiger partial charge in [-0.1, -0.05) is 17.4 Å². The molecule has 2 aromatic rings. The minimum absolute atomic E-state index is 0.118. The van der Waals surface area contributed by atoms with Gasteiger partial charge in [-0.2, -0.15) is 0 Å². The Bertz CT molecular complexity index is 736. The molecule has 0 unspecified atom stereocenters. The van der Waals surface area contributed by atoms with E-state index in [4.69, 9.17) is 10.5 Å². The van der Waals surface area contributed by atoms with E-state index >= 15 is 0 Å². The molecule has 2 N–H and O–H groups in total. The van der Waals surface area contributed by atoms with Gasteiger partial charge >= 0.3 is 0 Å². The van der Waals surface area contributed by atoms with Crippen LogP contribution in [0.1, 0.15) is 18.9 Å². The van der Waals surface area contributed by atoms with E-state index in [9.17, 15) is 4.79 Å². The molecule has 1 aromatic heterocycles. The van der Waals surface area contributed by atoms with Crippen LogP contribution in [0.4, 0.5) is 5.13 Å². The van der Waals surface area contributed by atoms with Gasteiger partial charge in [0.25, 0.3) is 0 Å². The van der Waals surface area contributed by atoms with Gasteiger partial charge < -0.3 is 15.4 Å². The topological polar surface area (TPSA) is 68.5 Å². The molecule has 110 valence electrons. The zero-order valence-electron chi connectivity index (χ0n) is 12.0. The van der Waals surface area contributed by atoms with Crippen molar-refractivity contribution in [2.45, 2.75) is 13.3 Å². The highest BCUT2D eigenvalue weighted by Crippen LogP contribution is 2.38. The summed E-state index contributed by atoms with van der Waals surface area (Å²) < 4.78 is 6.40. The number of aromatic nitrogens is 1. The summed E-state index contributed by atoms with van der Waals surface area (Å²) in [4.78, 5) is 17.6. The van der Waals surface area contributed by atoms with Crippen LogP contribution in [0.3, 0.4) is 0 Å². The van der Waals surface area contributed by atoms with Crippen LogP contribution in [0.15, 0.2) is 18.2 Å². The summed E-state index contributed by atoms with van der Waals surface area (Å²) in [6.45, 7) is 3.02. The van der Waals surface area contributed by atoms with Crippen molar-refractivity contribution in [1.29, 1.82) is 0 Å². The van der Waals surface area contributed by atoms with Crippen LogP contribution in [-0.2, 0) is 4.79 Å². The van der Waals surface area contributed by atoms with E-state index in [1.165, 1.54) is 16.9 Å². The van der Waals surface area contributed by atoms with E-state index < -0.39 is 0 Å². The number of anilines is 1. The fourth-order valence-corrected chi connectivity index (χ4v) is 3.52. The largest absolute Gasteiger partial charge is 0.494 e. The summed E-state index contributed by atoms with van der Waals surface area (Å²) in [5, 5.41) is 0.539. The number of hydrogen-bond donors (Lipinski definition) is 1. The monoisotopic (exact) mass is 303 g/mol. The van der Waals surface area contributed by atoms with Crippen molar-refractivity contribution in [3.05, 3.63) is 23.8 Å². The van der Waals surface area contributed by atoms with Gasteiger partial charge in [0.2, 0.25) is 5.91 Å². The number of benzene rings is 1. The maximum Gasteiger partial charge on any atom is 0.219 e. The predicted molar refractivity (Wildman–Crippen MR) is 85.4 cm³/mol. The lowest BCUT2D eigenvalue weighted by molar-refractivity contribution is -0.128. The van der Waals surface area contributed by atoms with Gasteiger partial charge in [0.1, 0.15) is 11.3 Å². The van der Waals surface area contributed by atoms with E-state index in [2.05, 4.69) is 11.1 Å². The molecule has 6 heteroatoms. The molecule has 0 fully saturated rings. The Hall–Kier alpha value is -2.08. The molecule has 1 aliphatic rings. The minimum Gasteiger partial charge on any atom is -0.494 e. The first kappa shape index (κ1) is 13.9. The van der Waals surface area contributed by atoms with Gasteiger partial charge in [0, 0.05) is 20.0 Å². The van der Waals surface area contributed by atoms with Gasteiger partial charge in [-0.15, -0.1) is 0 Å². The zero-order chi connectivity index (χ0) is 15.0. The zero-order valence-corrected chi connectivity index (χ0v) is 12.9. The number of nitrogen functional groups attached to an aromatic ring is 1. The molecule has 1 aromatic carbocycles. The highest BCUT2D eigenvalue weighted by atomic mass is 32.1. The van der Waals surface area contributed by atoms with Gasteiger partial charge in [-0.05, 0) is 29.7 Å². The highest BCUT2D eigenvalue weighted by molar-refractivity contribution is 7.22. The van der Waals surface area contributed by atoms with Crippen molar-refractivity contribution >= 4 is 38.2 Å². The van der Waals surface area contributed by atoms with E-state index in [0.717, 1.165) is 34.5 Å². The number of methoxy groups -OCH3 is 1. The quantitative estimate of drug-likeness (QED) is 0.925. The summed E-state index contributed by atoms with van der Waals surface area (Å²) in [5.74, 6) is 0.857. The Morgan fingerprint density at radius 3 is 2.90 bits per heavy atom. The highest BCUT2D eigenvalue weighted by Gasteiger charge is 2.19.